The molecule has 0 aliphatic carbocycles. The van der Waals surface area contributed by atoms with E-state index in [1.54, 1.807) is 10.6 Å². The van der Waals surface area contributed by atoms with Crippen LogP contribution in [0.2, 0.25) is 0 Å². The van der Waals surface area contributed by atoms with Gasteiger partial charge in [-0.05, 0) is 12.1 Å². The summed E-state index contributed by atoms with van der Waals surface area (Å²) in [6, 6.07) is 5.53. The number of ether oxygens (including phenoxy) is 1. The van der Waals surface area contributed by atoms with Gasteiger partial charge in [0.1, 0.15) is 0 Å². The van der Waals surface area contributed by atoms with Gasteiger partial charge in [-0.3, -0.25) is 9.30 Å². The molecule has 0 amide bonds. The van der Waals surface area contributed by atoms with Crippen molar-refractivity contribution in [2.45, 2.75) is 12.6 Å². The zero-order valence-electron chi connectivity index (χ0n) is 11.7. The fourth-order valence-electron chi connectivity index (χ4n) is 2.48. The van der Waals surface area contributed by atoms with Crippen molar-refractivity contribution < 1.29 is 4.74 Å². The lowest BCUT2D eigenvalue weighted by molar-refractivity contribution is -0.0243. The highest BCUT2D eigenvalue weighted by atomic mass is 35.5. The van der Waals surface area contributed by atoms with Gasteiger partial charge in [0.05, 0.1) is 19.3 Å². The highest BCUT2D eigenvalue weighted by Crippen LogP contribution is 2.04. The Balaban J connectivity index is 0.00000161. The predicted octanol–water partition coefficient (Wildman–Crippen LogP) is -0.423. The Hall–Kier alpha value is -1.41. The number of nitrogens with two attached hydrogens (primary N) is 1. The molecule has 2 N–H and O–H groups in total. The number of rotatable bonds is 4. The Labute approximate surface area is 128 Å². The Kier molecular flexibility index (Phi) is 5.35. The van der Waals surface area contributed by atoms with Crippen molar-refractivity contribution in [2.24, 2.45) is 5.73 Å². The molecular formula is C13H20ClN5O2. The molecular weight excluding hydrogens is 294 g/mol. The summed E-state index contributed by atoms with van der Waals surface area (Å²) in [5.41, 5.74) is 6.21. The van der Waals surface area contributed by atoms with Crippen molar-refractivity contribution in [2.75, 3.05) is 32.8 Å². The standard InChI is InChI=1S/C13H19N5O2.ClH/c14-9-11-10-16(7-8-20-11)5-6-18-13(19)17-4-2-1-3-12(17)15-18;/h1-4,11H,5-10,14H2;1H. The van der Waals surface area contributed by atoms with E-state index < -0.39 is 0 Å². The van der Waals surface area contributed by atoms with Crippen molar-refractivity contribution in [1.82, 2.24) is 19.1 Å². The first-order valence-corrected chi connectivity index (χ1v) is 6.86. The van der Waals surface area contributed by atoms with E-state index >= 15 is 0 Å². The first-order valence-electron chi connectivity index (χ1n) is 6.86. The van der Waals surface area contributed by atoms with Crippen LogP contribution in [-0.4, -0.2) is 58.0 Å². The highest BCUT2D eigenvalue weighted by Gasteiger charge is 2.19. The molecule has 0 bridgehead atoms. The van der Waals surface area contributed by atoms with E-state index in [-0.39, 0.29) is 24.2 Å². The quantitative estimate of drug-likeness (QED) is 0.829. The molecule has 0 saturated carbocycles. The minimum Gasteiger partial charge on any atom is -0.374 e. The van der Waals surface area contributed by atoms with Crippen molar-refractivity contribution >= 4 is 18.1 Å². The fourth-order valence-corrected chi connectivity index (χ4v) is 2.48. The van der Waals surface area contributed by atoms with Crippen LogP contribution in [0.1, 0.15) is 0 Å². The van der Waals surface area contributed by atoms with E-state index in [9.17, 15) is 4.79 Å². The molecule has 1 saturated heterocycles. The molecule has 1 fully saturated rings. The predicted molar refractivity (Wildman–Crippen MR) is 81.9 cm³/mol. The second-order valence-corrected chi connectivity index (χ2v) is 4.96. The minimum absolute atomic E-state index is 0. The molecule has 1 aliphatic rings. The van der Waals surface area contributed by atoms with Crippen LogP contribution in [0.3, 0.4) is 0 Å². The summed E-state index contributed by atoms with van der Waals surface area (Å²) in [4.78, 5) is 14.4. The summed E-state index contributed by atoms with van der Waals surface area (Å²) in [7, 11) is 0. The fraction of sp³-hybridized carbons (Fsp3) is 0.538. The summed E-state index contributed by atoms with van der Waals surface area (Å²) in [6.45, 7) is 4.28. The molecule has 8 heteroatoms. The third kappa shape index (κ3) is 3.44. The lowest BCUT2D eigenvalue weighted by Gasteiger charge is -2.32. The maximum Gasteiger partial charge on any atom is 0.350 e. The van der Waals surface area contributed by atoms with Crippen LogP contribution in [0.15, 0.2) is 29.2 Å². The average molecular weight is 314 g/mol. The zero-order valence-corrected chi connectivity index (χ0v) is 12.5. The number of hydrogen-bond acceptors (Lipinski definition) is 5. The number of fused-ring (bicyclic) bond motifs is 1. The van der Waals surface area contributed by atoms with Gasteiger partial charge in [-0.2, -0.15) is 0 Å². The largest absolute Gasteiger partial charge is 0.374 e. The summed E-state index contributed by atoms with van der Waals surface area (Å²) in [6.07, 6.45) is 1.84. The van der Waals surface area contributed by atoms with Crippen LogP contribution >= 0.6 is 12.4 Å². The lowest BCUT2D eigenvalue weighted by Crippen LogP contribution is -2.46. The number of aromatic nitrogens is 3. The Morgan fingerprint density at radius 3 is 3.00 bits per heavy atom. The van der Waals surface area contributed by atoms with Crippen LogP contribution in [0.25, 0.3) is 5.65 Å². The molecule has 1 atom stereocenters. The summed E-state index contributed by atoms with van der Waals surface area (Å²) in [5.74, 6) is 0. The van der Waals surface area contributed by atoms with Crippen LogP contribution in [0.4, 0.5) is 0 Å². The third-order valence-corrected chi connectivity index (χ3v) is 3.60. The number of morpholine rings is 1. The molecule has 7 nitrogen and oxygen atoms in total. The Morgan fingerprint density at radius 1 is 1.38 bits per heavy atom. The van der Waals surface area contributed by atoms with Gasteiger partial charge in [-0.15, -0.1) is 17.5 Å². The Bertz CT molecular complexity index is 641. The zero-order chi connectivity index (χ0) is 13.9. The smallest absolute Gasteiger partial charge is 0.350 e. The van der Waals surface area contributed by atoms with Crippen LogP contribution in [0, 0.1) is 0 Å². The maximum atomic E-state index is 12.1. The van der Waals surface area contributed by atoms with E-state index in [0.717, 1.165) is 19.6 Å². The molecule has 3 rings (SSSR count). The SMILES string of the molecule is Cl.NCC1CN(CCn2nc3ccccn3c2=O)CCO1. The molecule has 1 aliphatic heterocycles. The molecule has 2 aromatic rings. The Morgan fingerprint density at radius 2 is 2.24 bits per heavy atom. The summed E-state index contributed by atoms with van der Waals surface area (Å²) < 4.78 is 8.60. The van der Waals surface area contributed by atoms with Gasteiger partial charge in [0.15, 0.2) is 5.65 Å². The van der Waals surface area contributed by atoms with Gasteiger partial charge in [0.25, 0.3) is 0 Å². The molecule has 0 aromatic carbocycles. The number of halogens is 1. The first kappa shape index (κ1) is 16.0. The average Bonchev–Trinajstić information content (AvgIpc) is 2.82. The van der Waals surface area contributed by atoms with E-state index in [1.165, 1.54) is 4.68 Å². The van der Waals surface area contributed by atoms with E-state index in [0.29, 0.717) is 25.3 Å². The summed E-state index contributed by atoms with van der Waals surface area (Å²) in [5, 5.41) is 4.32. The van der Waals surface area contributed by atoms with Gasteiger partial charge in [-0.25, -0.2) is 9.48 Å². The molecule has 21 heavy (non-hydrogen) atoms. The molecule has 1 unspecified atom stereocenters. The van der Waals surface area contributed by atoms with E-state index in [1.807, 2.05) is 18.2 Å². The van der Waals surface area contributed by atoms with Crippen molar-refractivity contribution in [3.05, 3.63) is 34.9 Å². The van der Waals surface area contributed by atoms with Gasteiger partial charge in [-0.1, -0.05) is 6.07 Å². The lowest BCUT2D eigenvalue weighted by atomic mass is 10.3. The van der Waals surface area contributed by atoms with Gasteiger partial charge < -0.3 is 10.5 Å². The molecule has 2 aromatic heterocycles. The normalized spacial score (nSPS) is 19.6. The molecule has 3 heterocycles. The van der Waals surface area contributed by atoms with Crippen molar-refractivity contribution in [3.8, 4) is 0 Å². The highest BCUT2D eigenvalue weighted by molar-refractivity contribution is 5.85. The van der Waals surface area contributed by atoms with Gasteiger partial charge >= 0.3 is 5.69 Å². The molecule has 0 spiro atoms. The number of nitrogens with zero attached hydrogens (tertiary/aromatic N) is 4. The van der Waals surface area contributed by atoms with Crippen LogP contribution in [0.5, 0.6) is 0 Å². The monoisotopic (exact) mass is 313 g/mol. The van der Waals surface area contributed by atoms with Crippen LogP contribution in [-0.2, 0) is 11.3 Å². The topological polar surface area (TPSA) is 77.8 Å². The number of hydrogen-bond donors (Lipinski definition) is 1. The maximum absolute atomic E-state index is 12.1. The van der Waals surface area contributed by atoms with E-state index in [2.05, 4.69) is 10.00 Å². The number of pyridine rings is 1. The first-order chi connectivity index (χ1) is 9.78. The second-order valence-electron chi connectivity index (χ2n) is 4.96. The minimum atomic E-state index is -0.0933. The van der Waals surface area contributed by atoms with Crippen LogP contribution < -0.4 is 11.4 Å². The van der Waals surface area contributed by atoms with Gasteiger partial charge in [0.2, 0.25) is 0 Å². The third-order valence-electron chi connectivity index (χ3n) is 3.60. The van der Waals surface area contributed by atoms with Crippen molar-refractivity contribution in [1.29, 1.82) is 0 Å². The second kappa shape index (κ2) is 7.04. The molecule has 116 valence electrons. The van der Waals surface area contributed by atoms with Crippen molar-refractivity contribution in [3.63, 3.8) is 0 Å². The van der Waals surface area contributed by atoms with Gasteiger partial charge in [0, 0.05) is 32.4 Å². The molecule has 0 radical (unpaired) electrons. The van der Waals surface area contributed by atoms with E-state index in [4.69, 9.17) is 10.5 Å². The summed E-state index contributed by atoms with van der Waals surface area (Å²) >= 11 is 0.